The fourth-order valence-corrected chi connectivity index (χ4v) is 2.77. The largest absolute Gasteiger partial charge is 0.406 e. The second-order valence-electron chi connectivity index (χ2n) is 5.85. The van der Waals surface area contributed by atoms with E-state index in [4.69, 9.17) is 4.74 Å². The Hall–Kier alpha value is -2.09. The number of amides is 2. The Balaban J connectivity index is 2.34. The number of carbonyl (C=O) groups is 2. The van der Waals surface area contributed by atoms with E-state index in [0.29, 0.717) is 10.5 Å². The van der Waals surface area contributed by atoms with Gasteiger partial charge in [0.15, 0.2) is 6.10 Å². The Morgan fingerprint density at radius 2 is 2.00 bits per heavy atom. The summed E-state index contributed by atoms with van der Waals surface area (Å²) in [5.74, 6) is -1.13. The summed E-state index contributed by atoms with van der Waals surface area (Å²) in [4.78, 5) is 26.4. The molecule has 1 saturated heterocycles. The molecule has 0 aromatic heterocycles. The van der Waals surface area contributed by atoms with Crippen molar-refractivity contribution in [2.24, 2.45) is 0 Å². The maximum atomic E-state index is 12.6. The van der Waals surface area contributed by atoms with Crippen LogP contribution in [-0.2, 0) is 14.3 Å². The molecule has 0 radical (unpaired) electrons. The number of aryl methyl sites for hydroxylation is 1. The number of hydrogen-bond donors (Lipinski definition) is 0. The third kappa shape index (κ3) is 3.87. The highest BCUT2D eigenvalue weighted by molar-refractivity contribution is 5.86. The van der Waals surface area contributed by atoms with Crippen molar-refractivity contribution in [1.29, 1.82) is 0 Å². The van der Waals surface area contributed by atoms with Crippen LogP contribution in [0, 0.1) is 6.92 Å². The molecule has 0 N–H and O–H groups in total. The molecular formula is C16H19F3N2O3. The standard InChI is InChI=1S/C16H19F3N2O3/c1-10-6-4-5-7-11(10)13-14(24-8-12(22)21(13)3)15(23)20(2)9-16(17,18)19/h4-7,13-14H,8-9H2,1-3H3/t13-,14+/m1/s1. The molecule has 8 heteroatoms. The molecule has 0 unspecified atom stereocenters. The van der Waals surface area contributed by atoms with E-state index >= 15 is 0 Å². The molecular weight excluding hydrogens is 325 g/mol. The molecule has 132 valence electrons. The zero-order valence-corrected chi connectivity index (χ0v) is 13.6. The second kappa shape index (κ2) is 6.80. The summed E-state index contributed by atoms with van der Waals surface area (Å²) in [6, 6.07) is 6.33. The van der Waals surface area contributed by atoms with Gasteiger partial charge in [0.2, 0.25) is 5.91 Å². The van der Waals surface area contributed by atoms with Gasteiger partial charge < -0.3 is 14.5 Å². The lowest BCUT2D eigenvalue weighted by atomic mass is 9.93. The van der Waals surface area contributed by atoms with Crippen LogP contribution in [0.1, 0.15) is 17.2 Å². The van der Waals surface area contributed by atoms with Crippen LogP contribution in [0.25, 0.3) is 0 Å². The maximum absolute atomic E-state index is 12.6. The average Bonchev–Trinajstić information content (AvgIpc) is 2.48. The molecule has 2 amide bonds. The van der Waals surface area contributed by atoms with Crippen LogP contribution in [0.4, 0.5) is 13.2 Å². The third-order valence-electron chi connectivity index (χ3n) is 4.03. The summed E-state index contributed by atoms with van der Waals surface area (Å²) in [6.45, 7) is 0.0994. The van der Waals surface area contributed by atoms with Crippen molar-refractivity contribution >= 4 is 11.8 Å². The molecule has 1 fully saturated rings. The first kappa shape index (κ1) is 18.3. The number of hydrogen-bond acceptors (Lipinski definition) is 3. The van der Waals surface area contributed by atoms with Gasteiger partial charge in [-0.05, 0) is 18.1 Å². The monoisotopic (exact) mass is 344 g/mol. The number of nitrogens with zero attached hydrogens (tertiary/aromatic N) is 2. The van der Waals surface area contributed by atoms with E-state index in [1.807, 2.05) is 13.0 Å². The highest BCUT2D eigenvalue weighted by atomic mass is 19.4. The van der Waals surface area contributed by atoms with Gasteiger partial charge in [-0.2, -0.15) is 13.2 Å². The number of benzene rings is 1. The van der Waals surface area contributed by atoms with E-state index in [2.05, 4.69) is 0 Å². The number of halogens is 3. The van der Waals surface area contributed by atoms with Gasteiger partial charge in [0.05, 0.1) is 6.04 Å². The van der Waals surface area contributed by atoms with Crippen molar-refractivity contribution in [2.75, 3.05) is 27.2 Å². The Bertz CT molecular complexity index is 633. The molecule has 1 heterocycles. The molecule has 1 aliphatic heterocycles. The van der Waals surface area contributed by atoms with Gasteiger partial charge in [-0.25, -0.2) is 0 Å². The third-order valence-corrected chi connectivity index (χ3v) is 4.03. The molecule has 5 nitrogen and oxygen atoms in total. The zero-order valence-electron chi connectivity index (χ0n) is 13.6. The van der Waals surface area contributed by atoms with Gasteiger partial charge in [0, 0.05) is 14.1 Å². The summed E-state index contributed by atoms with van der Waals surface area (Å²) in [7, 11) is 2.59. The second-order valence-corrected chi connectivity index (χ2v) is 5.85. The predicted octanol–water partition coefficient (Wildman–Crippen LogP) is 1.91. The summed E-state index contributed by atoms with van der Waals surface area (Å²) in [5, 5.41) is 0. The molecule has 0 saturated carbocycles. The quantitative estimate of drug-likeness (QED) is 0.842. The van der Waals surface area contributed by atoms with Crippen molar-refractivity contribution in [3.8, 4) is 0 Å². The minimum absolute atomic E-state index is 0.328. The number of morpholine rings is 1. The minimum atomic E-state index is -4.50. The van der Waals surface area contributed by atoms with Crippen LogP contribution in [0.3, 0.4) is 0 Å². The lowest BCUT2D eigenvalue weighted by molar-refractivity contribution is -0.177. The lowest BCUT2D eigenvalue weighted by Gasteiger charge is -2.40. The number of likely N-dealkylation sites (N-methyl/N-ethyl adjacent to an activating group) is 2. The fourth-order valence-electron chi connectivity index (χ4n) is 2.77. The molecule has 2 atom stereocenters. The van der Waals surface area contributed by atoms with E-state index < -0.39 is 30.8 Å². The molecule has 0 spiro atoms. The number of ether oxygens (including phenoxy) is 1. The minimum Gasteiger partial charge on any atom is -0.356 e. The van der Waals surface area contributed by atoms with Gasteiger partial charge in [-0.1, -0.05) is 24.3 Å². The summed E-state index contributed by atoms with van der Waals surface area (Å²) >= 11 is 0. The van der Waals surface area contributed by atoms with Gasteiger partial charge in [-0.15, -0.1) is 0 Å². The highest BCUT2D eigenvalue weighted by Crippen LogP contribution is 2.32. The van der Waals surface area contributed by atoms with Crippen LogP contribution in [-0.4, -0.2) is 61.1 Å². The first-order valence-electron chi connectivity index (χ1n) is 7.36. The van der Waals surface area contributed by atoms with Crippen molar-refractivity contribution < 1.29 is 27.5 Å². The van der Waals surface area contributed by atoms with E-state index in [-0.39, 0.29) is 12.5 Å². The van der Waals surface area contributed by atoms with Crippen LogP contribution >= 0.6 is 0 Å². The number of alkyl halides is 3. The molecule has 2 rings (SSSR count). The Kier molecular flexibility index (Phi) is 5.17. The number of carbonyl (C=O) groups excluding carboxylic acids is 2. The molecule has 1 aromatic carbocycles. The summed E-state index contributed by atoms with van der Waals surface area (Å²) in [5.41, 5.74) is 1.50. The Morgan fingerprint density at radius 3 is 2.58 bits per heavy atom. The first-order chi connectivity index (χ1) is 11.1. The Morgan fingerprint density at radius 1 is 1.38 bits per heavy atom. The van der Waals surface area contributed by atoms with Gasteiger partial charge in [0.1, 0.15) is 13.2 Å². The maximum Gasteiger partial charge on any atom is 0.406 e. The Labute approximate surface area is 138 Å². The normalized spacial score (nSPS) is 21.8. The number of rotatable bonds is 3. The van der Waals surface area contributed by atoms with Crippen molar-refractivity contribution in [1.82, 2.24) is 9.80 Å². The fraction of sp³-hybridized carbons (Fsp3) is 0.500. The lowest BCUT2D eigenvalue weighted by Crippen LogP contribution is -2.54. The summed E-state index contributed by atoms with van der Waals surface area (Å²) < 4.78 is 43.0. The smallest absolute Gasteiger partial charge is 0.356 e. The zero-order chi connectivity index (χ0) is 18.1. The average molecular weight is 344 g/mol. The van der Waals surface area contributed by atoms with Crippen LogP contribution in [0.2, 0.25) is 0 Å². The van der Waals surface area contributed by atoms with E-state index in [0.717, 1.165) is 12.6 Å². The van der Waals surface area contributed by atoms with Crippen LogP contribution in [0.5, 0.6) is 0 Å². The van der Waals surface area contributed by atoms with E-state index in [9.17, 15) is 22.8 Å². The van der Waals surface area contributed by atoms with E-state index in [1.54, 1.807) is 18.2 Å². The topological polar surface area (TPSA) is 49.9 Å². The molecule has 24 heavy (non-hydrogen) atoms. The van der Waals surface area contributed by atoms with Crippen LogP contribution in [0.15, 0.2) is 24.3 Å². The van der Waals surface area contributed by atoms with Crippen molar-refractivity contribution in [2.45, 2.75) is 25.2 Å². The van der Waals surface area contributed by atoms with Crippen LogP contribution < -0.4 is 0 Å². The van der Waals surface area contributed by atoms with E-state index in [1.165, 1.54) is 11.9 Å². The predicted molar refractivity (Wildman–Crippen MR) is 80.1 cm³/mol. The SMILES string of the molecule is Cc1ccccc1[C@@H]1[C@@H](C(=O)N(C)CC(F)(F)F)OCC(=O)N1C. The molecule has 1 aromatic rings. The van der Waals surface area contributed by atoms with Crippen molar-refractivity contribution in [3.63, 3.8) is 0 Å². The van der Waals surface area contributed by atoms with Gasteiger partial charge in [-0.3, -0.25) is 9.59 Å². The van der Waals surface area contributed by atoms with Crippen molar-refractivity contribution in [3.05, 3.63) is 35.4 Å². The van der Waals surface area contributed by atoms with Gasteiger partial charge in [0.25, 0.3) is 5.91 Å². The first-order valence-corrected chi connectivity index (χ1v) is 7.36. The summed E-state index contributed by atoms with van der Waals surface area (Å²) in [6.07, 6.45) is -5.68. The van der Waals surface area contributed by atoms with Gasteiger partial charge >= 0.3 is 6.18 Å². The molecule has 1 aliphatic rings. The molecule has 0 bridgehead atoms. The highest BCUT2D eigenvalue weighted by Gasteiger charge is 2.43. The molecule has 0 aliphatic carbocycles.